The molecule has 9 heteroatoms. The number of piperidine rings is 1. The van der Waals surface area contributed by atoms with Gasteiger partial charge in [-0.25, -0.2) is 8.42 Å². The van der Waals surface area contributed by atoms with Crippen molar-refractivity contribution in [3.8, 4) is 11.5 Å². The average Bonchev–Trinajstić information content (AvgIpc) is 2.78. The van der Waals surface area contributed by atoms with Gasteiger partial charge in [0, 0.05) is 50.5 Å². The number of carbonyl (C=O) groups is 1. The molecular weight excluding hydrogens is 430 g/mol. The number of nitrogens with zero attached hydrogens (tertiary/aromatic N) is 2. The summed E-state index contributed by atoms with van der Waals surface area (Å²) in [5.74, 6) is 0.704. The molecule has 4 rings (SSSR count). The summed E-state index contributed by atoms with van der Waals surface area (Å²) >= 11 is 0. The van der Waals surface area contributed by atoms with Gasteiger partial charge in [-0.3, -0.25) is 4.79 Å². The molecule has 172 valence electrons. The number of sulfonamides is 1. The highest BCUT2D eigenvalue weighted by atomic mass is 32.2. The number of hydrogen-bond donors (Lipinski definition) is 1. The largest absolute Gasteiger partial charge is 0.486 e. The van der Waals surface area contributed by atoms with Crippen molar-refractivity contribution in [3.63, 3.8) is 0 Å². The number of anilines is 2. The summed E-state index contributed by atoms with van der Waals surface area (Å²) in [4.78, 5) is 15.0. The maximum atomic E-state index is 13.1. The van der Waals surface area contributed by atoms with E-state index in [-0.39, 0.29) is 16.7 Å². The zero-order valence-corrected chi connectivity index (χ0v) is 19.4. The quantitative estimate of drug-likeness (QED) is 0.740. The highest BCUT2D eigenvalue weighted by molar-refractivity contribution is 7.89. The molecule has 0 aliphatic carbocycles. The number of fused-ring (bicyclic) bond motifs is 1. The SMILES string of the molecule is Cc1cc(NC(=O)C2CCN(S(=O)(=O)c3ccc4c(c3)OCCO4)CC2)ccc1N(C)C. The van der Waals surface area contributed by atoms with E-state index in [1.807, 2.05) is 44.1 Å². The number of aryl methyl sites for hydroxylation is 1. The number of hydrogen-bond acceptors (Lipinski definition) is 6. The second kappa shape index (κ2) is 8.99. The van der Waals surface area contributed by atoms with Crippen LogP contribution in [0.4, 0.5) is 11.4 Å². The number of amides is 1. The van der Waals surface area contributed by atoms with E-state index in [9.17, 15) is 13.2 Å². The van der Waals surface area contributed by atoms with Crippen LogP contribution in [0.5, 0.6) is 11.5 Å². The van der Waals surface area contributed by atoms with E-state index in [0.717, 1.165) is 16.9 Å². The van der Waals surface area contributed by atoms with Gasteiger partial charge >= 0.3 is 0 Å². The molecule has 0 unspecified atom stereocenters. The predicted octanol–water partition coefficient (Wildman–Crippen LogP) is 2.87. The van der Waals surface area contributed by atoms with Crippen molar-refractivity contribution in [2.24, 2.45) is 5.92 Å². The van der Waals surface area contributed by atoms with Crippen LogP contribution in [0.3, 0.4) is 0 Å². The number of nitrogens with one attached hydrogen (secondary N) is 1. The lowest BCUT2D eigenvalue weighted by atomic mass is 9.97. The first-order chi connectivity index (χ1) is 15.3. The maximum Gasteiger partial charge on any atom is 0.243 e. The molecule has 2 aliphatic rings. The Balaban J connectivity index is 1.38. The Bertz CT molecular complexity index is 1110. The highest BCUT2D eigenvalue weighted by Gasteiger charge is 2.33. The summed E-state index contributed by atoms with van der Waals surface area (Å²) in [6.07, 6.45) is 0.953. The molecule has 0 spiro atoms. The lowest BCUT2D eigenvalue weighted by Crippen LogP contribution is -2.41. The zero-order chi connectivity index (χ0) is 22.9. The van der Waals surface area contributed by atoms with Crippen molar-refractivity contribution in [1.29, 1.82) is 0 Å². The van der Waals surface area contributed by atoms with E-state index >= 15 is 0 Å². The van der Waals surface area contributed by atoms with Crippen LogP contribution in [0.25, 0.3) is 0 Å². The highest BCUT2D eigenvalue weighted by Crippen LogP contribution is 2.34. The van der Waals surface area contributed by atoms with Gasteiger partial charge in [-0.15, -0.1) is 0 Å². The van der Waals surface area contributed by atoms with Crippen molar-refractivity contribution in [3.05, 3.63) is 42.0 Å². The summed E-state index contributed by atoms with van der Waals surface area (Å²) in [7, 11) is 0.298. The molecule has 1 N–H and O–H groups in total. The number of carbonyl (C=O) groups excluding carboxylic acids is 1. The van der Waals surface area contributed by atoms with E-state index in [1.165, 1.54) is 10.4 Å². The van der Waals surface area contributed by atoms with Gasteiger partial charge in [0.2, 0.25) is 15.9 Å². The Morgan fingerprint density at radius 2 is 1.72 bits per heavy atom. The predicted molar refractivity (Wildman–Crippen MR) is 123 cm³/mol. The van der Waals surface area contributed by atoms with E-state index < -0.39 is 10.0 Å². The van der Waals surface area contributed by atoms with Crippen LogP contribution >= 0.6 is 0 Å². The van der Waals surface area contributed by atoms with Crippen LogP contribution in [0, 0.1) is 12.8 Å². The van der Waals surface area contributed by atoms with E-state index in [0.29, 0.717) is 50.6 Å². The van der Waals surface area contributed by atoms with Crippen molar-refractivity contribution >= 4 is 27.3 Å². The monoisotopic (exact) mass is 459 g/mol. The van der Waals surface area contributed by atoms with Crippen LogP contribution in [-0.2, 0) is 14.8 Å². The van der Waals surface area contributed by atoms with Gasteiger partial charge in [-0.2, -0.15) is 4.31 Å². The average molecular weight is 460 g/mol. The number of rotatable bonds is 5. The minimum absolute atomic E-state index is 0.0709. The molecule has 8 nitrogen and oxygen atoms in total. The third kappa shape index (κ3) is 4.54. The van der Waals surface area contributed by atoms with Crippen molar-refractivity contribution in [2.75, 3.05) is 50.6 Å². The molecule has 1 amide bonds. The smallest absolute Gasteiger partial charge is 0.243 e. The third-order valence-electron chi connectivity index (χ3n) is 5.92. The Morgan fingerprint density at radius 1 is 1.03 bits per heavy atom. The topological polar surface area (TPSA) is 88.2 Å². The molecule has 1 saturated heterocycles. The fraction of sp³-hybridized carbons (Fsp3) is 0.435. The number of ether oxygens (including phenoxy) is 2. The summed E-state index contributed by atoms with van der Waals surface area (Å²) in [6, 6.07) is 10.5. The first-order valence-electron chi connectivity index (χ1n) is 10.7. The fourth-order valence-electron chi connectivity index (χ4n) is 4.17. The number of benzene rings is 2. The third-order valence-corrected chi connectivity index (χ3v) is 7.82. The minimum atomic E-state index is -3.66. The lowest BCUT2D eigenvalue weighted by molar-refractivity contribution is -0.120. The molecular formula is C23H29N3O5S. The molecule has 2 aromatic carbocycles. The van der Waals surface area contributed by atoms with Gasteiger partial charge in [0.1, 0.15) is 13.2 Å². The normalized spacial score (nSPS) is 17.1. The Hall–Kier alpha value is -2.78. The first-order valence-corrected chi connectivity index (χ1v) is 12.2. The molecule has 1 fully saturated rings. The standard InChI is InChI=1S/C23H29N3O5S/c1-16-14-18(4-6-20(16)25(2)3)24-23(27)17-8-10-26(11-9-17)32(28,29)19-5-7-21-22(15-19)31-13-12-30-21/h4-7,14-15,17H,8-13H2,1-3H3,(H,24,27). The molecule has 2 aliphatic heterocycles. The second-order valence-electron chi connectivity index (χ2n) is 8.37. The van der Waals surface area contributed by atoms with Crippen molar-refractivity contribution in [2.45, 2.75) is 24.7 Å². The van der Waals surface area contributed by atoms with Gasteiger partial charge < -0.3 is 19.7 Å². The lowest BCUT2D eigenvalue weighted by Gasteiger charge is -2.31. The van der Waals surface area contributed by atoms with Crippen LogP contribution in [-0.4, -0.2) is 59.0 Å². The summed E-state index contributed by atoms with van der Waals surface area (Å²) < 4.78 is 38.6. The van der Waals surface area contributed by atoms with Crippen LogP contribution in [0.15, 0.2) is 41.3 Å². The van der Waals surface area contributed by atoms with Gasteiger partial charge in [0.25, 0.3) is 0 Å². The molecule has 0 radical (unpaired) electrons. The van der Waals surface area contributed by atoms with E-state index in [2.05, 4.69) is 5.32 Å². The van der Waals surface area contributed by atoms with E-state index in [4.69, 9.17) is 9.47 Å². The van der Waals surface area contributed by atoms with Crippen molar-refractivity contribution < 1.29 is 22.7 Å². The van der Waals surface area contributed by atoms with Crippen LogP contribution in [0.2, 0.25) is 0 Å². The zero-order valence-electron chi connectivity index (χ0n) is 18.6. The summed E-state index contributed by atoms with van der Waals surface area (Å²) in [5.41, 5.74) is 2.93. The fourth-order valence-corrected chi connectivity index (χ4v) is 5.66. The summed E-state index contributed by atoms with van der Waals surface area (Å²) in [6.45, 7) is 3.45. The van der Waals surface area contributed by atoms with Gasteiger partial charge in [-0.1, -0.05) is 0 Å². The van der Waals surface area contributed by atoms with Crippen LogP contribution < -0.4 is 19.7 Å². The van der Waals surface area contributed by atoms with Gasteiger partial charge in [0.05, 0.1) is 4.90 Å². The van der Waals surface area contributed by atoms with Crippen molar-refractivity contribution in [1.82, 2.24) is 4.31 Å². The molecule has 0 saturated carbocycles. The molecule has 0 aromatic heterocycles. The Morgan fingerprint density at radius 3 is 2.38 bits per heavy atom. The maximum absolute atomic E-state index is 13.1. The molecule has 2 aromatic rings. The molecule has 2 heterocycles. The second-order valence-corrected chi connectivity index (χ2v) is 10.3. The molecule has 0 atom stereocenters. The summed E-state index contributed by atoms with van der Waals surface area (Å²) in [5, 5.41) is 2.98. The van der Waals surface area contributed by atoms with Gasteiger partial charge in [0.15, 0.2) is 11.5 Å². The van der Waals surface area contributed by atoms with Gasteiger partial charge in [-0.05, 0) is 55.7 Å². The Kier molecular flexibility index (Phi) is 6.30. The van der Waals surface area contributed by atoms with E-state index in [1.54, 1.807) is 12.1 Å². The van der Waals surface area contributed by atoms with Crippen LogP contribution in [0.1, 0.15) is 18.4 Å². The Labute approximate surface area is 189 Å². The molecule has 0 bridgehead atoms. The molecule has 32 heavy (non-hydrogen) atoms. The minimum Gasteiger partial charge on any atom is -0.486 e. The first kappa shape index (κ1) is 22.4.